The van der Waals surface area contributed by atoms with Crippen LogP contribution >= 0.6 is 0 Å². The molecule has 7 nitrogen and oxygen atoms in total. The highest BCUT2D eigenvalue weighted by atomic mass is 32.3. The van der Waals surface area contributed by atoms with E-state index in [1.54, 1.807) is 0 Å². The van der Waals surface area contributed by atoms with E-state index in [4.69, 9.17) is 5.73 Å². The minimum Gasteiger partial charge on any atom is -0.366 e. The molecule has 0 aliphatic carbocycles. The van der Waals surface area contributed by atoms with Crippen molar-refractivity contribution in [3.8, 4) is 0 Å². The van der Waals surface area contributed by atoms with Gasteiger partial charge in [-0.15, -0.1) is 8.42 Å². The lowest BCUT2D eigenvalue weighted by Crippen LogP contribution is -2.33. The zero-order valence-corrected chi connectivity index (χ0v) is 10.8. The third-order valence-corrected chi connectivity index (χ3v) is 3.25. The standard InChI is InChI=1S/C9H16N2O5S/c1-4-6(11(2)3)5-7(8(10)12)9-15-17(13,14)16-9/h6H,4-5H2,1-3H3,(H2,10,12). The summed E-state index contributed by atoms with van der Waals surface area (Å²) in [7, 11) is -0.236. The molecular formula is C9H16N2O5S. The monoisotopic (exact) mass is 264 g/mol. The molecule has 1 saturated heterocycles. The lowest BCUT2D eigenvalue weighted by molar-refractivity contribution is -0.115. The first-order valence-electron chi connectivity index (χ1n) is 5.10. The van der Waals surface area contributed by atoms with Crippen molar-refractivity contribution in [3.63, 3.8) is 0 Å². The second-order valence-electron chi connectivity index (χ2n) is 3.93. The molecule has 2 N–H and O–H groups in total. The van der Waals surface area contributed by atoms with Gasteiger partial charge in [-0.05, 0) is 20.5 Å². The fourth-order valence-electron chi connectivity index (χ4n) is 1.50. The van der Waals surface area contributed by atoms with Crippen molar-refractivity contribution in [2.75, 3.05) is 14.1 Å². The molecule has 0 radical (unpaired) electrons. The molecule has 1 aliphatic rings. The van der Waals surface area contributed by atoms with Gasteiger partial charge in [0.15, 0.2) is 0 Å². The molecule has 1 atom stereocenters. The summed E-state index contributed by atoms with van der Waals surface area (Å²) >= 11 is 0. The topological polar surface area (TPSA) is 98.9 Å². The van der Waals surface area contributed by atoms with Gasteiger partial charge in [-0.1, -0.05) is 6.92 Å². The summed E-state index contributed by atoms with van der Waals surface area (Å²) in [6, 6.07) is 0.0560. The van der Waals surface area contributed by atoms with Crippen LogP contribution in [0.2, 0.25) is 0 Å². The van der Waals surface area contributed by atoms with Gasteiger partial charge in [0.1, 0.15) is 5.57 Å². The Labute approximate surface area is 100 Å². The van der Waals surface area contributed by atoms with Gasteiger partial charge in [0.2, 0.25) is 0 Å². The number of rotatable bonds is 5. The Kier molecular flexibility index (Phi) is 3.99. The summed E-state index contributed by atoms with van der Waals surface area (Å²) in [6.07, 6.45) is 1.06. The summed E-state index contributed by atoms with van der Waals surface area (Å²) in [5.41, 5.74) is 5.22. The molecule has 1 aliphatic heterocycles. The van der Waals surface area contributed by atoms with Crippen LogP contribution in [0.15, 0.2) is 11.5 Å². The smallest absolute Gasteiger partial charge is 0.366 e. The van der Waals surface area contributed by atoms with Crippen molar-refractivity contribution in [2.45, 2.75) is 25.8 Å². The molecule has 1 fully saturated rings. The van der Waals surface area contributed by atoms with Gasteiger partial charge in [-0.25, -0.2) is 0 Å². The number of nitrogens with zero attached hydrogens (tertiary/aromatic N) is 1. The van der Waals surface area contributed by atoms with Gasteiger partial charge >= 0.3 is 16.3 Å². The maximum atomic E-state index is 11.2. The van der Waals surface area contributed by atoms with Crippen molar-refractivity contribution < 1.29 is 21.6 Å². The van der Waals surface area contributed by atoms with Crippen LogP contribution in [-0.4, -0.2) is 39.4 Å². The van der Waals surface area contributed by atoms with Gasteiger partial charge in [-0.2, -0.15) is 0 Å². The van der Waals surface area contributed by atoms with E-state index in [2.05, 4.69) is 8.37 Å². The molecular weight excluding hydrogens is 248 g/mol. The average Bonchev–Trinajstić information content (AvgIpc) is 2.14. The Morgan fingerprint density at radius 3 is 2.24 bits per heavy atom. The number of hydrogen-bond acceptors (Lipinski definition) is 6. The molecule has 1 heterocycles. The molecule has 0 spiro atoms. The molecule has 0 bridgehead atoms. The minimum atomic E-state index is -3.95. The number of carbonyl (C=O) groups is 1. The van der Waals surface area contributed by atoms with Crippen molar-refractivity contribution >= 4 is 16.3 Å². The van der Waals surface area contributed by atoms with Crippen molar-refractivity contribution in [3.05, 3.63) is 11.5 Å². The quantitative estimate of drug-likeness (QED) is 0.685. The zero-order chi connectivity index (χ0) is 13.2. The van der Waals surface area contributed by atoms with Crippen LogP contribution in [0, 0.1) is 0 Å². The third-order valence-electron chi connectivity index (χ3n) is 2.54. The predicted molar refractivity (Wildman–Crippen MR) is 59.7 cm³/mol. The highest BCUT2D eigenvalue weighted by Gasteiger charge is 2.37. The molecule has 0 aromatic rings. The lowest BCUT2D eigenvalue weighted by atomic mass is 10.0. The van der Waals surface area contributed by atoms with Crippen LogP contribution in [0.4, 0.5) is 0 Å². The second kappa shape index (κ2) is 4.92. The fourth-order valence-corrected chi connectivity index (χ4v) is 2.09. The number of nitrogens with two attached hydrogens (primary N) is 1. The van der Waals surface area contributed by atoms with Crippen molar-refractivity contribution in [2.24, 2.45) is 5.73 Å². The van der Waals surface area contributed by atoms with Gasteiger partial charge < -0.3 is 19.0 Å². The van der Waals surface area contributed by atoms with E-state index in [0.29, 0.717) is 0 Å². The highest BCUT2D eigenvalue weighted by Crippen LogP contribution is 2.28. The Hall–Kier alpha value is -1.28. The molecule has 1 rings (SSSR count). The van der Waals surface area contributed by atoms with Gasteiger partial charge in [0.25, 0.3) is 5.91 Å². The maximum Gasteiger partial charge on any atom is 0.506 e. The SMILES string of the molecule is CCC(CC(C(N)=O)=C1OS(=O)(=O)O1)N(C)C. The molecule has 0 saturated carbocycles. The Morgan fingerprint density at radius 1 is 1.41 bits per heavy atom. The summed E-state index contributed by atoms with van der Waals surface area (Å²) in [4.78, 5) is 13.1. The van der Waals surface area contributed by atoms with E-state index in [0.717, 1.165) is 6.42 Å². The number of primary amides is 1. The molecule has 0 aromatic carbocycles. The first-order chi connectivity index (χ1) is 7.76. The van der Waals surface area contributed by atoms with Gasteiger partial charge in [0.05, 0.1) is 0 Å². The third kappa shape index (κ3) is 3.34. The zero-order valence-electron chi connectivity index (χ0n) is 9.97. The van der Waals surface area contributed by atoms with E-state index in [1.807, 2.05) is 25.9 Å². The fraction of sp³-hybridized carbons (Fsp3) is 0.667. The summed E-state index contributed by atoms with van der Waals surface area (Å²) in [5.74, 6) is -1.05. The number of carbonyl (C=O) groups excluding carboxylic acids is 1. The number of amides is 1. The van der Waals surface area contributed by atoms with Crippen LogP contribution in [0.5, 0.6) is 0 Å². The van der Waals surface area contributed by atoms with Crippen LogP contribution in [0.3, 0.4) is 0 Å². The molecule has 17 heavy (non-hydrogen) atoms. The van der Waals surface area contributed by atoms with Crippen molar-refractivity contribution in [1.29, 1.82) is 0 Å². The Bertz CT molecular complexity index is 426. The molecule has 1 amide bonds. The van der Waals surface area contributed by atoms with E-state index < -0.39 is 16.3 Å². The minimum absolute atomic E-state index is 0.0559. The van der Waals surface area contributed by atoms with Crippen LogP contribution in [0.1, 0.15) is 19.8 Å². The maximum absolute atomic E-state index is 11.2. The summed E-state index contributed by atoms with van der Waals surface area (Å²) < 4.78 is 30.1. The van der Waals surface area contributed by atoms with Crippen LogP contribution in [0.25, 0.3) is 0 Å². The first-order valence-corrected chi connectivity index (χ1v) is 6.43. The summed E-state index contributed by atoms with van der Waals surface area (Å²) in [6.45, 7) is 1.95. The molecule has 1 unspecified atom stereocenters. The number of hydrogen-bond donors (Lipinski definition) is 1. The first kappa shape index (κ1) is 13.8. The van der Waals surface area contributed by atoms with E-state index >= 15 is 0 Å². The van der Waals surface area contributed by atoms with E-state index in [1.165, 1.54) is 0 Å². The largest absolute Gasteiger partial charge is 0.506 e. The van der Waals surface area contributed by atoms with Crippen LogP contribution in [-0.2, 0) is 23.6 Å². The summed E-state index contributed by atoms with van der Waals surface area (Å²) in [5, 5.41) is 0. The highest BCUT2D eigenvalue weighted by molar-refractivity contribution is 7.83. The lowest BCUT2D eigenvalue weighted by Gasteiger charge is -2.25. The van der Waals surface area contributed by atoms with Gasteiger partial charge in [-0.3, -0.25) is 4.79 Å². The van der Waals surface area contributed by atoms with Crippen LogP contribution < -0.4 is 5.73 Å². The molecule has 8 heteroatoms. The van der Waals surface area contributed by atoms with E-state index in [-0.39, 0.29) is 24.0 Å². The predicted octanol–water partition coefficient (Wildman–Crippen LogP) is -0.295. The average molecular weight is 264 g/mol. The Morgan fingerprint density at radius 2 is 1.94 bits per heavy atom. The Balaban J connectivity index is 2.86. The van der Waals surface area contributed by atoms with Gasteiger partial charge in [0, 0.05) is 12.5 Å². The molecule has 98 valence electrons. The van der Waals surface area contributed by atoms with E-state index in [9.17, 15) is 13.2 Å². The normalized spacial score (nSPS) is 18.9. The second-order valence-corrected chi connectivity index (χ2v) is 5.08. The molecule has 0 aromatic heterocycles. The van der Waals surface area contributed by atoms with Crippen molar-refractivity contribution in [1.82, 2.24) is 4.90 Å².